The van der Waals surface area contributed by atoms with Gasteiger partial charge in [-0.05, 0) is 24.3 Å². The molecular weight excluding hydrogens is 168 g/mol. The van der Waals surface area contributed by atoms with Gasteiger partial charge in [-0.1, -0.05) is 6.08 Å². The summed E-state index contributed by atoms with van der Waals surface area (Å²) in [6.07, 6.45) is 11.4. The quantitative estimate of drug-likeness (QED) is 0.615. The predicted molar refractivity (Wildman–Crippen MR) is 47.3 cm³/mol. The number of ether oxygens (including phenoxy) is 2. The van der Waals surface area contributed by atoms with Crippen LogP contribution in [0.25, 0.3) is 0 Å². The molecule has 0 fully saturated rings. The van der Waals surface area contributed by atoms with Crippen LogP contribution in [0.4, 0.5) is 0 Å². The summed E-state index contributed by atoms with van der Waals surface area (Å²) in [4.78, 5) is 0. The van der Waals surface area contributed by atoms with Crippen LogP contribution in [0.3, 0.4) is 0 Å². The molecule has 0 aliphatic carbocycles. The van der Waals surface area contributed by atoms with Crippen molar-refractivity contribution < 1.29 is 14.6 Å². The molecule has 0 saturated carbocycles. The Morgan fingerprint density at radius 2 is 1.85 bits per heavy atom. The molecule has 0 saturated heterocycles. The van der Waals surface area contributed by atoms with Crippen molar-refractivity contribution in [2.45, 2.75) is 0 Å². The molecule has 0 amide bonds. The minimum atomic E-state index is 0.0671. The van der Waals surface area contributed by atoms with Gasteiger partial charge in [0.25, 0.3) is 0 Å². The molecule has 0 radical (unpaired) electrons. The molecule has 3 nitrogen and oxygen atoms in total. The highest BCUT2D eigenvalue weighted by Gasteiger charge is 2.14. The molecule has 2 heterocycles. The fourth-order valence-corrected chi connectivity index (χ4v) is 1.03. The van der Waals surface area contributed by atoms with Gasteiger partial charge in [0, 0.05) is 0 Å². The number of rotatable bonds is 0. The summed E-state index contributed by atoms with van der Waals surface area (Å²) in [7, 11) is 0. The summed E-state index contributed by atoms with van der Waals surface area (Å²) in [6.45, 7) is 0. The Morgan fingerprint density at radius 1 is 1.00 bits per heavy atom. The number of allylic oxidation sites excluding steroid dienone is 5. The Morgan fingerprint density at radius 3 is 2.54 bits per heavy atom. The monoisotopic (exact) mass is 176 g/mol. The van der Waals surface area contributed by atoms with Crippen molar-refractivity contribution in [3.05, 3.63) is 60.2 Å². The molecule has 2 rings (SSSR count). The largest absolute Gasteiger partial charge is 0.504 e. The molecule has 0 atom stereocenters. The van der Waals surface area contributed by atoms with E-state index in [-0.39, 0.29) is 5.76 Å². The Kier molecular flexibility index (Phi) is 1.92. The van der Waals surface area contributed by atoms with Gasteiger partial charge in [-0.2, -0.15) is 0 Å². The molecule has 0 unspecified atom stereocenters. The summed E-state index contributed by atoms with van der Waals surface area (Å²) >= 11 is 0. The van der Waals surface area contributed by atoms with E-state index in [0.29, 0.717) is 11.5 Å². The van der Waals surface area contributed by atoms with Gasteiger partial charge < -0.3 is 14.6 Å². The van der Waals surface area contributed by atoms with E-state index in [2.05, 4.69) is 0 Å². The molecular formula is C10H8O3. The maximum Gasteiger partial charge on any atom is 0.210 e. The van der Waals surface area contributed by atoms with Crippen molar-refractivity contribution in [3.8, 4) is 0 Å². The Bertz CT molecular complexity index is 356. The highest BCUT2D eigenvalue weighted by Crippen LogP contribution is 2.21. The summed E-state index contributed by atoms with van der Waals surface area (Å²) in [5, 5.41) is 9.41. The van der Waals surface area contributed by atoms with Crippen LogP contribution < -0.4 is 0 Å². The fourth-order valence-electron chi connectivity index (χ4n) is 1.03. The van der Waals surface area contributed by atoms with Crippen molar-refractivity contribution in [2.24, 2.45) is 0 Å². The first-order valence-electron chi connectivity index (χ1n) is 3.85. The second-order valence-electron chi connectivity index (χ2n) is 2.50. The molecule has 3 heteroatoms. The summed E-state index contributed by atoms with van der Waals surface area (Å²) in [5.41, 5.74) is 0. The van der Waals surface area contributed by atoms with E-state index in [1.165, 1.54) is 12.5 Å². The number of aliphatic hydroxyl groups is 1. The second-order valence-corrected chi connectivity index (χ2v) is 2.50. The normalized spacial score (nSPS) is 25.1. The van der Waals surface area contributed by atoms with Gasteiger partial charge in [0.2, 0.25) is 5.76 Å². The topological polar surface area (TPSA) is 38.7 Å². The van der Waals surface area contributed by atoms with Gasteiger partial charge >= 0.3 is 0 Å². The number of hydrogen-bond acceptors (Lipinski definition) is 3. The zero-order valence-corrected chi connectivity index (χ0v) is 6.81. The fraction of sp³-hybridized carbons (Fsp3) is 0. The number of hydrogen-bond donors (Lipinski definition) is 1. The van der Waals surface area contributed by atoms with E-state index < -0.39 is 0 Å². The molecule has 0 spiro atoms. The molecule has 13 heavy (non-hydrogen) atoms. The van der Waals surface area contributed by atoms with Gasteiger partial charge in [0.05, 0.1) is 12.5 Å². The van der Waals surface area contributed by atoms with Crippen LogP contribution in [0.5, 0.6) is 0 Å². The maximum absolute atomic E-state index is 9.41. The lowest BCUT2D eigenvalue weighted by atomic mass is 10.2. The smallest absolute Gasteiger partial charge is 0.210 e. The molecule has 0 aromatic carbocycles. The molecule has 2 aliphatic rings. The van der Waals surface area contributed by atoms with Gasteiger partial charge in [-0.15, -0.1) is 0 Å². The summed E-state index contributed by atoms with van der Waals surface area (Å²) in [6, 6.07) is 0. The van der Waals surface area contributed by atoms with Crippen molar-refractivity contribution >= 4 is 0 Å². The zero-order valence-electron chi connectivity index (χ0n) is 6.81. The van der Waals surface area contributed by atoms with E-state index >= 15 is 0 Å². The lowest BCUT2D eigenvalue weighted by Crippen LogP contribution is -2.01. The minimum absolute atomic E-state index is 0.0671. The van der Waals surface area contributed by atoms with Gasteiger partial charge in [-0.25, -0.2) is 0 Å². The van der Waals surface area contributed by atoms with Crippen LogP contribution in [0, 0.1) is 0 Å². The number of aliphatic hydroxyl groups excluding tert-OH is 1. The third-order valence-electron chi connectivity index (χ3n) is 1.61. The van der Waals surface area contributed by atoms with Crippen molar-refractivity contribution in [1.82, 2.24) is 0 Å². The third-order valence-corrected chi connectivity index (χ3v) is 1.61. The van der Waals surface area contributed by atoms with Gasteiger partial charge in [0.1, 0.15) is 0 Å². The average Bonchev–Trinajstić information content (AvgIpc) is 2.20. The second kappa shape index (κ2) is 3.23. The lowest BCUT2D eigenvalue weighted by molar-refractivity contribution is 0.251. The minimum Gasteiger partial charge on any atom is -0.504 e. The van der Waals surface area contributed by atoms with Crippen LogP contribution in [0.2, 0.25) is 0 Å². The molecule has 0 aromatic heterocycles. The SMILES string of the molecule is OC1=CC=COC1=C1C=CC=CO1. The molecule has 0 aromatic rings. The Labute approximate surface area is 75.6 Å². The standard InChI is InChI=1S/C10H8O3/c11-8-4-3-7-13-10(8)9-5-1-2-6-12-9/h1-7,11H. The lowest BCUT2D eigenvalue weighted by Gasteiger charge is -2.13. The molecule has 1 N–H and O–H groups in total. The third kappa shape index (κ3) is 1.49. The van der Waals surface area contributed by atoms with Crippen LogP contribution in [0.1, 0.15) is 0 Å². The van der Waals surface area contributed by atoms with E-state index in [1.54, 1.807) is 30.4 Å². The highest BCUT2D eigenvalue weighted by molar-refractivity contribution is 5.35. The molecule has 0 bridgehead atoms. The van der Waals surface area contributed by atoms with Gasteiger partial charge in [-0.3, -0.25) is 0 Å². The van der Waals surface area contributed by atoms with E-state index in [0.717, 1.165) is 0 Å². The molecule has 2 aliphatic heterocycles. The van der Waals surface area contributed by atoms with Crippen LogP contribution >= 0.6 is 0 Å². The summed E-state index contributed by atoms with van der Waals surface area (Å²) in [5.74, 6) is 0.904. The first-order valence-corrected chi connectivity index (χ1v) is 3.85. The first-order chi connectivity index (χ1) is 6.38. The van der Waals surface area contributed by atoms with Gasteiger partial charge in [0.15, 0.2) is 11.5 Å². The Balaban J connectivity index is 2.34. The van der Waals surface area contributed by atoms with Crippen molar-refractivity contribution in [2.75, 3.05) is 0 Å². The average molecular weight is 176 g/mol. The van der Waals surface area contributed by atoms with Crippen LogP contribution in [0.15, 0.2) is 60.2 Å². The first kappa shape index (κ1) is 7.73. The van der Waals surface area contributed by atoms with Crippen LogP contribution in [-0.4, -0.2) is 5.11 Å². The van der Waals surface area contributed by atoms with E-state index in [4.69, 9.17) is 9.47 Å². The van der Waals surface area contributed by atoms with Crippen molar-refractivity contribution in [1.29, 1.82) is 0 Å². The summed E-state index contributed by atoms with van der Waals surface area (Å²) < 4.78 is 10.2. The van der Waals surface area contributed by atoms with Crippen molar-refractivity contribution in [3.63, 3.8) is 0 Å². The Hall–Kier alpha value is -1.90. The zero-order chi connectivity index (χ0) is 9.10. The van der Waals surface area contributed by atoms with Crippen LogP contribution in [-0.2, 0) is 9.47 Å². The maximum atomic E-state index is 9.41. The highest BCUT2D eigenvalue weighted by atomic mass is 16.5. The predicted octanol–water partition coefficient (Wildman–Crippen LogP) is 2.28. The van der Waals surface area contributed by atoms with E-state index in [1.807, 2.05) is 0 Å². The molecule has 66 valence electrons. The van der Waals surface area contributed by atoms with E-state index in [9.17, 15) is 5.11 Å².